The summed E-state index contributed by atoms with van der Waals surface area (Å²) >= 11 is 0. The van der Waals surface area contributed by atoms with E-state index in [2.05, 4.69) is 36.3 Å². The van der Waals surface area contributed by atoms with Crippen LogP contribution < -0.4 is 5.32 Å². The Morgan fingerprint density at radius 2 is 2.00 bits per heavy atom. The highest BCUT2D eigenvalue weighted by Gasteiger charge is 2.29. The second kappa shape index (κ2) is 5.23. The van der Waals surface area contributed by atoms with Crippen LogP contribution in [0, 0.1) is 0 Å². The molecule has 1 N–H and O–H groups in total. The van der Waals surface area contributed by atoms with Crippen molar-refractivity contribution in [3.63, 3.8) is 0 Å². The van der Waals surface area contributed by atoms with Gasteiger partial charge in [0.25, 0.3) is 0 Å². The van der Waals surface area contributed by atoms with Crippen molar-refractivity contribution in [2.45, 2.75) is 24.9 Å². The summed E-state index contributed by atoms with van der Waals surface area (Å²) in [6.07, 6.45) is 2.16. The van der Waals surface area contributed by atoms with Gasteiger partial charge in [0.15, 0.2) is 0 Å². The molecule has 2 saturated heterocycles. The van der Waals surface area contributed by atoms with Crippen LogP contribution in [-0.4, -0.2) is 80.1 Å². The smallest absolute Gasteiger partial charge is 0.317 e. The van der Waals surface area contributed by atoms with Crippen LogP contribution in [0.25, 0.3) is 0 Å². The number of carbonyl (C=O) groups is 1. The van der Waals surface area contributed by atoms with E-state index in [9.17, 15) is 4.79 Å². The summed E-state index contributed by atoms with van der Waals surface area (Å²) in [5.74, 6) is 0. The molecule has 2 fully saturated rings. The molecule has 2 amide bonds. The Hall–Kier alpha value is -0.810. The summed E-state index contributed by atoms with van der Waals surface area (Å²) < 4.78 is 0. The first kappa shape index (κ1) is 12.6. The van der Waals surface area contributed by atoms with E-state index in [-0.39, 0.29) is 6.03 Å². The number of rotatable bonds is 2. The topological polar surface area (TPSA) is 38.8 Å². The molecule has 2 atom stereocenters. The number of urea groups is 1. The Balaban J connectivity index is 1.77. The van der Waals surface area contributed by atoms with Gasteiger partial charge in [0.1, 0.15) is 0 Å². The Labute approximate surface area is 104 Å². The Morgan fingerprint density at radius 1 is 1.24 bits per heavy atom. The summed E-state index contributed by atoms with van der Waals surface area (Å²) in [6.45, 7) is 3.82. The average Bonchev–Trinajstić information content (AvgIpc) is 2.86. The first-order valence-electron chi connectivity index (χ1n) is 6.46. The van der Waals surface area contributed by atoms with E-state index in [1.165, 1.54) is 0 Å². The van der Waals surface area contributed by atoms with Crippen molar-refractivity contribution in [3.8, 4) is 0 Å². The SMILES string of the molecule is CN1CCC(NC(=O)N2CC[C@@H](N(C)C)C2)C1. The molecule has 1 unspecified atom stereocenters. The van der Waals surface area contributed by atoms with Crippen LogP contribution >= 0.6 is 0 Å². The van der Waals surface area contributed by atoms with Gasteiger partial charge in [-0.15, -0.1) is 0 Å². The first-order valence-corrected chi connectivity index (χ1v) is 6.46. The predicted molar refractivity (Wildman–Crippen MR) is 68.1 cm³/mol. The first-order chi connectivity index (χ1) is 8.06. The highest BCUT2D eigenvalue weighted by Crippen LogP contribution is 2.14. The second-order valence-corrected chi connectivity index (χ2v) is 5.55. The molecule has 98 valence electrons. The fraction of sp³-hybridized carbons (Fsp3) is 0.917. The molecule has 0 spiro atoms. The molecule has 2 aliphatic rings. The molecule has 5 nitrogen and oxygen atoms in total. The lowest BCUT2D eigenvalue weighted by Gasteiger charge is -2.22. The Morgan fingerprint density at radius 3 is 2.53 bits per heavy atom. The van der Waals surface area contributed by atoms with Crippen molar-refractivity contribution < 1.29 is 4.79 Å². The number of carbonyl (C=O) groups excluding carboxylic acids is 1. The molecule has 0 saturated carbocycles. The molecule has 0 radical (unpaired) electrons. The van der Waals surface area contributed by atoms with Crippen molar-refractivity contribution in [3.05, 3.63) is 0 Å². The van der Waals surface area contributed by atoms with Gasteiger partial charge in [-0.1, -0.05) is 0 Å². The molecule has 2 aliphatic heterocycles. The molecule has 17 heavy (non-hydrogen) atoms. The van der Waals surface area contributed by atoms with Crippen LogP contribution in [-0.2, 0) is 0 Å². The second-order valence-electron chi connectivity index (χ2n) is 5.55. The van der Waals surface area contributed by atoms with Gasteiger partial charge < -0.3 is 20.0 Å². The molecule has 0 aromatic heterocycles. The van der Waals surface area contributed by atoms with Crippen molar-refractivity contribution in [1.82, 2.24) is 20.0 Å². The number of likely N-dealkylation sites (tertiary alicyclic amines) is 2. The predicted octanol–water partition coefficient (Wildman–Crippen LogP) is 0.0360. The lowest BCUT2D eigenvalue weighted by Crippen LogP contribution is -2.45. The van der Waals surface area contributed by atoms with Gasteiger partial charge in [-0.05, 0) is 40.5 Å². The third kappa shape index (κ3) is 3.10. The zero-order chi connectivity index (χ0) is 12.4. The van der Waals surface area contributed by atoms with E-state index in [1.807, 2.05) is 4.90 Å². The number of hydrogen-bond acceptors (Lipinski definition) is 3. The summed E-state index contributed by atoms with van der Waals surface area (Å²) in [6, 6.07) is 0.979. The maximum Gasteiger partial charge on any atom is 0.317 e. The number of amides is 2. The van der Waals surface area contributed by atoms with Gasteiger partial charge in [0, 0.05) is 31.7 Å². The lowest BCUT2D eigenvalue weighted by atomic mass is 10.2. The van der Waals surface area contributed by atoms with Crippen molar-refractivity contribution in [1.29, 1.82) is 0 Å². The molecule has 2 rings (SSSR count). The molecule has 0 aliphatic carbocycles. The highest BCUT2D eigenvalue weighted by atomic mass is 16.2. The van der Waals surface area contributed by atoms with Crippen LogP contribution in [0.4, 0.5) is 4.79 Å². The number of likely N-dealkylation sites (N-methyl/N-ethyl adjacent to an activating group) is 2. The van der Waals surface area contributed by atoms with Crippen LogP contribution in [0.2, 0.25) is 0 Å². The van der Waals surface area contributed by atoms with Crippen LogP contribution in [0.3, 0.4) is 0 Å². The molecular weight excluding hydrogens is 216 g/mol. The minimum Gasteiger partial charge on any atom is -0.334 e. The minimum atomic E-state index is 0.120. The maximum absolute atomic E-state index is 12.1. The molecule has 0 aromatic carbocycles. The molecular formula is C12H24N4O. The zero-order valence-corrected chi connectivity index (χ0v) is 11.1. The van der Waals surface area contributed by atoms with E-state index in [0.717, 1.165) is 39.0 Å². The van der Waals surface area contributed by atoms with Gasteiger partial charge in [-0.2, -0.15) is 0 Å². The highest BCUT2D eigenvalue weighted by molar-refractivity contribution is 5.75. The quantitative estimate of drug-likeness (QED) is 0.740. The van der Waals surface area contributed by atoms with Crippen LogP contribution in [0.15, 0.2) is 0 Å². The third-order valence-corrected chi connectivity index (χ3v) is 3.90. The summed E-state index contributed by atoms with van der Waals surface area (Å²) in [5.41, 5.74) is 0. The van der Waals surface area contributed by atoms with Crippen LogP contribution in [0.1, 0.15) is 12.8 Å². The molecule has 2 heterocycles. The standard InChI is InChI=1S/C12H24N4O/c1-14(2)11-5-7-16(9-11)12(17)13-10-4-6-15(3)8-10/h10-11H,4-9H2,1-3H3,(H,13,17)/t10?,11-/m1/s1. The maximum atomic E-state index is 12.1. The zero-order valence-electron chi connectivity index (χ0n) is 11.1. The van der Waals surface area contributed by atoms with Crippen molar-refractivity contribution in [2.75, 3.05) is 47.3 Å². The summed E-state index contributed by atoms with van der Waals surface area (Å²) in [7, 11) is 6.26. The van der Waals surface area contributed by atoms with E-state index >= 15 is 0 Å². The lowest BCUT2D eigenvalue weighted by molar-refractivity contribution is 0.199. The minimum absolute atomic E-state index is 0.120. The Kier molecular flexibility index (Phi) is 3.89. The van der Waals surface area contributed by atoms with Crippen molar-refractivity contribution in [2.24, 2.45) is 0 Å². The molecule has 0 aromatic rings. The molecule has 5 heteroatoms. The molecule has 0 bridgehead atoms. The van der Waals surface area contributed by atoms with Crippen LogP contribution in [0.5, 0.6) is 0 Å². The average molecular weight is 240 g/mol. The van der Waals surface area contributed by atoms with Gasteiger partial charge in [0.2, 0.25) is 0 Å². The normalized spacial score (nSPS) is 30.2. The van der Waals surface area contributed by atoms with Gasteiger partial charge in [-0.25, -0.2) is 4.79 Å². The summed E-state index contributed by atoms with van der Waals surface area (Å²) in [4.78, 5) is 18.5. The van der Waals surface area contributed by atoms with Crippen molar-refractivity contribution >= 4 is 6.03 Å². The number of nitrogens with zero attached hydrogens (tertiary/aromatic N) is 3. The summed E-state index contributed by atoms with van der Waals surface area (Å²) in [5, 5.41) is 3.14. The fourth-order valence-electron chi connectivity index (χ4n) is 2.67. The number of nitrogens with one attached hydrogen (secondary N) is 1. The fourth-order valence-corrected chi connectivity index (χ4v) is 2.67. The third-order valence-electron chi connectivity index (χ3n) is 3.90. The van der Waals surface area contributed by atoms with E-state index < -0.39 is 0 Å². The monoisotopic (exact) mass is 240 g/mol. The largest absolute Gasteiger partial charge is 0.334 e. The number of hydrogen-bond donors (Lipinski definition) is 1. The van der Waals surface area contributed by atoms with E-state index in [4.69, 9.17) is 0 Å². The van der Waals surface area contributed by atoms with Gasteiger partial charge >= 0.3 is 6.03 Å². The van der Waals surface area contributed by atoms with E-state index in [1.54, 1.807) is 0 Å². The van der Waals surface area contributed by atoms with Gasteiger partial charge in [0.05, 0.1) is 0 Å². The van der Waals surface area contributed by atoms with Gasteiger partial charge in [-0.3, -0.25) is 0 Å². The Bertz CT molecular complexity index is 282. The van der Waals surface area contributed by atoms with E-state index in [0.29, 0.717) is 12.1 Å².